The molecule has 11 heavy (non-hydrogen) atoms. The Labute approximate surface area is 69.2 Å². The van der Waals surface area contributed by atoms with Crippen molar-refractivity contribution in [1.82, 2.24) is 0 Å². The van der Waals surface area contributed by atoms with Crippen LogP contribution in [0.2, 0.25) is 0 Å². The zero-order chi connectivity index (χ0) is 8.91. The molecule has 1 N–H and O–H groups in total. The van der Waals surface area contributed by atoms with Crippen LogP contribution in [-0.4, -0.2) is 50.7 Å². The molecule has 0 aliphatic carbocycles. The van der Waals surface area contributed by atoms with E-state index in [2.05, 4.69) is 21.1 Å². The highest BCUT2D eigenvalue weighted by Crippen LogP contribution is 2.01. The van der Waals surface area contributed by atoms with Crippen molar-refractivity contribution in [3.05, 3.63) is 0 Å². The zero-order valence-electron chi connectivity index (χ0n) is 8.00. The quantitative estimate of drug-likeness (QED) is 0.469. The van der Waals surface area contributed by atoms with Gasteiger partial charge in [0, 0.05) is 20.0 Å². The maximum Gasteiger partial charge on any atom is 0.154 e. The lowest BCUT2D eigenvalue weighted by molar-refractivity contribution is -0.870. The molecule has 0 radical (unpaired) electrons. The van der Waals surface area contributed by atoms with Crippen LogP contribution in [0.15, 0.2) is 0 Å². The lowest BCUT2D eigenvalue weighted by atomic mass is 10.3. The van der Waals surface area contributed by atoms with Crippen molar-refractivity contribution in [2.75, 3.05) is 34.8 Å². The molecule has 0 bridgehead atoms. The van der Waals surface area contributed by atoms with Gasteiger partial charge < -0.3 is 14.3 Å². The number of quaternary nitrogens is 1. The Morgan fingerprint density at radius 1 is 1.36 bits per heavy atom. The van der Waals surface area contributed by atoms with E-state index in [1.54, 1.807) is 0 Å². The third kappa shape index (κ3) is 7.78. The van der Waals surface area contributed by atoms with E-state index in [0.717, 1.165) is 23.9 Å². The van der Waals surface area contributed by atoms with Gasteiger partial charge in [0.25, 0.3) is 0 Å². The van der Waals surface area contributed by atoms with Crippen molar-refractivity contribution in [2.24, 2.45) is 0 Å². The van der Waals surface area contributed by atoms with Crippen LogP contribution < -0.4 is 0 Å². The average molecular weight is 162 g/mol. The number of ether oxygens (including phenoxy) is 1. The minimum absolute atomic E-state index is 0.582. The summed E-state index contributed by atoms with van der Waals surface area (Å²) in [7, 11) is 7.94. The topological polar surface area (TPSA) is 29.5 Å². The SMILES string of the molecule is COC(O)CCC[N+](C)(C)C. The minimum atomic E-state index is -0.582. The van der Waals surface area contributed by atoms with Gasteiger partial charge in [0.05, 0.1) is 27.7 Å². The molecule has 0 fully saturated rings. The Bertz CT molecular complexity index is 98.8. The fourth-order valence-corrected chi connectivity index (χ4v) is 0.858. The largest absolute Gasteiger partial charge is 0.368 e. The van der Waals surface area contributed by atoms with Crippen molar-refractivity contribution in [3.8, 4) is 0 Å². The summed E-state index contributed by atoms with van der Waals surface area (Å²) in [6.45, 7) is 1.07. The van der Waals surface area contributed by atoms with Gasteiger partial charge in [-0.3, -0.25) is 0 Å². The second-order valence-corrected chi connectivity index (χ2v) is 3.85. The number of aliphatic hydroxyl groups is 1. The monoisotopic (exact) mass is 162 g/mol. The molecule has 1 atom stereocenters. The summed E-state index contributed by atoms with van der Waals surface area (Å²) < 4.78 is 5.65. The van der Waals surface area contributed by atoms with Crippen LogP contribution >= 0.6 is 0 Å². The van der Waals surface area contributed by atoms with E-state index in [1.807, 2.05) is 0 Å². The molecule has 1 unspecified atom stereocenters. The molecule has 0 saturated carbocycles. The van der Waals surface area contributed by atoms with Gasteiger partial charge in [-0.25, -0.2) is 0 Å². The number of hydrogen-bond acceptors (Lipinski definition) is 2. The summed E-state index contributed by atoms with van der Waals surface area (Å²) in [5.41, 5.74) is 0. The molecule has 0 aliphatic heterocycles. The van der Waals surface area contributed by atoms with Crippen molar-refractivity contribution in [3.63, 3.8) is 0 Å². The Morgan fingerprint density at radius 2 is 1.91 bits per heavy atom. The summed E-state index contributed by atoms with van der Waals surface area (Å²) >= 11 is 0. The molecule has 0 amide bonds. The minimum Gasteiger partial charge on any atom is -0.368 e. The van der Waals surface area contributed by atoms with Crippen molar-refractivity contribution in [1.29, 1.82) is 0 Å². The number of nitrogens with zero attached hydrogens (tertiary/aromatic N) is 1. The fourth-order valence-electron chi connectivity index (χ4n) is 0.858. The van der Waals surface area contributed by atoms with E-state index in [-0.39, 0.29) is 0 Å². The Kier molecular flexibility index (Phi) is 4.65. The molecule has 3 nitrogen and oxygen atoms in total. The third-order valence-corrected chi connectivity index (χ3v) is 1.55. The molecule has 0 rings (SSSR count). The summed E-state index contributed by atoms with van der Waals surface area (Å²) in [5, 5.41) is 9.03. The fraction of sp³-hybridized carbons (Fsp3) is 1.00. The Morgan fingerprint density at radius 3 is 2.27 bits per heavy atom. The smallest absolute Gasteiger partial charge is 0.154 e. The first-order chi connectivity index (χ1) is 4.95. The van der Waals surface area contributed by atoms with Crippen LogP contribution in [0.1, 0.15) is 12.8 Å². The molecule has 0 saturated heterocycles. The van der Waals surface area contributed by atoms with Crippen LogP contribution in [0.5, 0.6) is 0 Å². The number of aliphatic hydroxyl groups excluding tert-OH is 1. The van der Waals surface area contributed by atoms with Gasteiger partial charge in [-0.1, -0.05) is 0 Å². The predicted octanol–water partition coefficient (Wildman–Crippen LogP) is 0.438. The summed E-state index contributed by atoms with van der Waals surface area (Å²) in [6, 6.07) is 0. The summed E-state index contributed by atoms with van der Waals surface area (Å²) in [6.07, 6.45) is 1.14. The first-order valence-electron chi connectivity index (χ1n) is 3.97. The zero-order valence-corrected chi connectivity index (χ0v) is 8.00. The number of hydrogen-bond donors (Lipinski definition) is 1. The highest BCUT2D eigenvalue weighted by molar-refractivity contribution is 4.41. The average Bonchev–Trinajstić information content (AvgIpc) is 1.85. The van der Waals surface area contributed by atoms with Gasteiger partial charge in [0.1, 0.15) is 0 Å². The van der Waals surface area contributed by atoms with E-state index >= 15 is 0 Å². The van der Waals surface area contributed by atoms with E-state index < -0.39 is 6.29 Å². The van der Waals surface area contributed by atoms with Gasteiger partial charge in [-0.05, 0) is 0 Å². The maximum atomic E-state index is 9.03. The van der Waals surface area contributed by atoms with E-state index in [4.69, 9.17) is 9.84 Å². The molecular formula is C8H20NO2+. The first kappa shape index (κ1) is 10.9. The molecule has 0 aromatic heterocycles. The molecule has 0 aromatic carbocycles. The first-order valence-corrected chi connectivity index (χ1v) is 3.97. The number of methoxy groups -OCH3 is 1. The van der Waals surface area contributed by atoms with Crippen molar-refractivity contribution >= 4 is 0 Å². The van der Waals surface area contributed by atoms with Crippen LogP contribution in [0, 0.1) is 0 Å². The molecule has 3 heteroatoms. The third-order valence-electron chi connectivity index (χ3n) is 1.55. The summed E-state index contributed by atoms with van der Waals surface area (Å²) in [5.74, 6) is 0. The van der Waals surface area contributed by atoms with Gasteiger partial charge >= 0.3 is 0 Å². The molecule has 0 aromatic rings. The van der Waals surface area contributed by atoms with Gasteiger partial charge in [-0.2, -0.15) is 0 Å². The highest BCUT2D eigenvalue weighted by atomic mass is 16.6. The lowest BCUT2D eigenvalue weighted by Gasteiger charge is -2.24. The number of rotatable bonds is 5. The molecule has 0 aliphatic rings. The van der Waals surface area contributed by atoms with Crippen LogP contribution in [0.4, 0.5) is 0 Å². The molecule has 0 heterocycles. The van der Waals surface area contributed by atoms with Gasteiger partial charge in [0.2, 0.25) is 0 Å². The molecule has 68 valence electrons. The Balaban J connectivity index is 3.28. The van der Waals surface area contributed by atoms with Crippen molar-refractivity contribution in [2.45, 2.75) is 19.1 Å². The van der Waals surface area contributed by atoms with Crippen LogP contribution in [0.25, 0.3) is 0 Å². The highest BCUT2D eigenvalue weighted by Gasteiger charge is 2.08. The van der Waals surface area contributed by atoms with Crippen LogP contribution in [0.3, 0.4) is 0 Å². The van der Waals surface area contributed by atoms with Gasteiger partial charge in [0.15, 0.2) is 6.29 Å². The lowest BCUT2D eigenvalue weighted by Crippen LogP contribution is -2.35. The standard InChI is InChI=1S/C8H20NO2/c1-9(2,3)7-5-6-8(10)11-4/h8,10H,5-7H2,1-4H3/q+1. The van der Waals surface area contributed by atoms with Gasteiger partial charge in [-0.15, -0.1) is 0 Å². The van der Waals surface area contributed by atoms with E-state index in [9.17, 15) is 0 Å². The normalized spacial score (nSPS) is 15.0. The van der Waals surface area contributed by atoms with E-state index in [1.165, 1.54) is 7.11 Å². The maximum absolute atomic E-state index is 9.03. The molecular weight excluding hydrogens is 142 g/mol. The van der Waals surface area contributed by atoms with E-state index in [0.29, 0.717) is 0 Å². The van der Waals surface area contributed by atoms with Crippen molar-refractivity contribution < 1.29 is 14.3 Å². The summed E-state index contributed by atoms with van der Waals surface area (Å²) in [4.78, 5) is 0. The van der Waals surface area contributed by atoms with Crippen LogP contribution in [-0.2, 0) is 4.74 Å². The second kappa shape index (κ2) is 4.70. The predicted molar refractivity (Wildman–Crippen MR) is 45.1 cm³/mol. The second-order valence-electron chi connectivity index (χ2n) is 3.85. The Hall–Kier alpha value is -0.120. The molecule has 0 spiro atoms.